The molecule has 3 unspecified atom stereocenters. The van der Waals surface area contributed by atoms with Gasteiger partial charge in [-0.05, 0) is 55.6 Å². The zero-order chi connectivity index (χ0) is 22.7. The Morgan fingerprint density at radius 3 is 2.75 bits per heavy atom. The number of piperidine rings is 1. The number of hydrogen-bond donors (Lipinski definition) is 1. The average molecular weight is 435 g/mol. The standard InChI is InChI=1S/C27H34N2O3/c1-4-14-29-15-13-27(21-11-8-12-23(30)16-21)18-22(17-25(32-3)24(27)19-29)28(2)26(31)20-9-6-5-7-10-20/h4-12,16,22,24-25,30H,1,13-15,17-19H2,2-3H3/t22-,24?,25?,27?/m1/s1. The number of methoxy groups -OCH3 is 1. The fourth-order valence-corrected chi connectivity index (χ4v) is 5.90. The fourth-order valence-electron chi connectivity index (χ4n) is 5.90. The van der Waals surface area contributed by atoms with Gasteiger partial charge in [0.15, 0.2) is 0 Å². The molecular formula is C27H34N2O3. The van der Waals surface area contributed by atoms with Crippen LogP contribution in [0.3, 0.4) is 0 Å². The van der Waals surface area contributed by atoms with Crippen molar-refractivity contribution in [2.24, 2.45) is 5.92 Å². The summed E-state index contributed by atoms with van der Waals surface area (Å²) in [6.45, 7) is 6.65. The third-order valence-electron chi connectivity index (χ3n) is 7.59. The number of likely N-dealkylation sites (tertiary alicyclic amines) is 1. The average Bonchev–Trinajstić information content (AvgIpc) is 2.83. The van der Waals surface area contributed by atoms with Crippen molar-refractivity contribution in [3.8, 4) is 5.75 Å². The first-order valence-electron chi connectivity index (χ1n) is 11.5. The van der Waals surface area contributed by atoms with E-state index in [2.05, 4.69) is 17.5 Å². The molecule has 5 nitrogen and oxygen atoms in total. The Balaban J connectivity index is 1.70. The third-order valence-corrected chi connectivity index (χ3v) is 7.59. The molecule has 1 saturated heterocycles. The minimum atomic E-state index is -0.161. The molecule has 2 fully saturated rings. The maximum atomic E-state index is 13.3. The summed E-state index contributed by atoms with van der Waals surface area (Å²) in [5, 5.41) is 10.3. The first-order chi connectivity index (χ1) is 15.5. The lowest BCUT2D eigenvalue weighted by Crippen LogP contribution is -2.61. The van der Waals surface area contributed by atoms with Crippen LogP contribution >= 0.6 is 0 Å². The smallest absolute Gasteiger partial charge is 0.253 e. The molecule has 2 aromatic rings. The van der Waals surface area contributed by atoms with Crippen LogP contribution in [0.2, 0.25) is 0 Å². The zero-order valence-electron chi connectivity index (χ0n) is 19.1. The summed E-state index contributed by atoms with van der Waals surface area (Å²) in [5.41, 5.74) is 1.69. The molecule has 0 aromatic heterocycles. The van der Waals surface area contributed by atoms with Gasteiger partial charge in [0.1, 0.15) is 5.75 Å². The van der Waals surface area contributed by atoms with Crippen LogP contribution < -0.4 is 0 Å². The molecule has 4 atom stereocenters. The highest BCUT2D eigenvalue weighted by Crippen LogP contribution is 2.51. The highest BCUT2D eigenvalue weighted by atomic mass is 16.5. The van der Waals surface area contributed by atoms with Gasteiger partial charge in [-0.25, -0.2) is 0 Å². The van der Waals surface area contributed by atoms with Crippen molar-refractivity contribution in [1.82, 2.24) is 9.80 Å². The Morgan fingerprint density at radius 1 is 1.28 bits per heavy atom. The largest absolute Gasteiger partial charge is 0.508 e. The van der Waals surface area contributed by atoms with Crippen molar-refractivity contribution in [1.29, 1.82) is 0 Å². The van der Waals surface area contributed by atoms with E-state index >= 15 is 0 Å². The van der Waals surface area contributed by atoms with Crippen LogP contribution in [0.5, 0.6) is 5.75 Å². The number of fused-ring (bicyclic) bond motifs is 1. The summed E-state index contributed by atoms with van der Waals surface area (Å²) >= 11 is 0. The van der Waals surface area contributed by atoms with Gasteiger partial charge in [-0.1, -0.05) is 36.4 Å². The van der Waals surface area contributed by atoms with Crippen molar-refractivity contribution >= 4 is 5.91 Å². The van der Waals surface area contributed by atoms with E-state index in [1.165, 1.54) is 0 Å². The summed E-state index contributed by atoms with van der Waals surface area (Å²) < 4.78 is 6.08. The summed E-state index contributed by atoms with van der Waals surface area (Å²) in [4.78, 5) is 17.6. The van der Waals surface area contributed by atoms with Crippen molar-refractivity contribution in [3.05, 3.63) is 78.4 Å². The number of phenolic OH excluding ortho intramolecular Hbond substituents is 1. The Kier molecular flexibility index (Phi) is 6.68. The number of hydrogen-bond acceptors (Lipinski definition) is 4. The van der Waals surface area contributed by atoms with E-state index in [-0.39, 0.29) is 35.1 Å². The molecule has 0 spiro atoms. The highest BCUT2D eigenvalue weighted by molar-refractivity contribution is 5.94. The molecule has 170 valence electrons. The first kappa shape index (κ1) is 22.6. The Hall–Kier alpha value is -2.63. The molecule has 1 amide bonds. The molecule has 2 aliphatic rings. The summed E-state index contributed by atoms with van der Waals surface area (Å²) in [5.74, 6) is 0.604. The van der Waals surface area contributed by atoms with Crippen LogP contribution in [0.15, 0.2) is 67.3 Å². The summed E-state index contributed by atoms with van der Waals surface area (Å²) in [6, 6.07) is 17.2. The van der Waals surface area contributed by atoms with Gasteiger partial charge in [-0.15, -0.1) is 6.58 Å². The number of rotatable bonds is 6. The minimum absolute atomic E-state index is 0.0229. The quantitative estimate of drug-likeness (QED) is 0.696. The number of nitrogens with zero attached hydrogens (tertiary/aromatic N) is 2. The van der Waals surface area contributed by atoms with Gasteiger partial charge in [0.2, 0.25) is 0 Å². The molecule has 1 N–H and O–H groups in total. The molecule has 32 heavy (non-hydrogen) atoms. The second-order valence-corrected chi connectivity index (χ2v) is 9.26. The van der Waals surface area contributed by atoms with E-state index in [1.807, 2.05) is 60.5 Å². The number of benzene rings is 2. The molecule has 2 aromatic carbocycles. The molecule has 0 radical (unpaired) electrons. The summed E-state index contributed by atoms with van der Waals surface area (Å²) in [7, 11) is 3.70. The lowest BCUT2D eigenvalue weighted by Gasteiger charge is -2.56. The van der Waals surface area contributed by atoms with Gasteiger partial charge in [0, 0.05) is 50.2 Å². The predicted molar refractivity (Wildman–Crippen MR) is 127 cm³/mol. The number of carbonyl (C=O) groups excluding carboxylic acids is 1. The maximum absolute atomic E-state index is 13.3. The first-order valence-corrected chi connectivity index (χ1v) is 11.5. The number of aromatic hydroxyl groups is 1. The van der Waals surface area contributed by atoms with E-state index < -0.39 is 0 Å². The highest BCUT2D eigenvalue weighted by Gasteiger charge is 2.53. The number of phenols is 1. The molecular weight excluding hydrogens is 400 g/mol. The second kappa shape index (κ2) is 9.47. The van der Waals surface area contributed by atoms with E-state index in [4.69, 9.17) is 4.74 Å². The molecule has 5 heteroatoms. The van der Waals surface area contributed by atoms with Crippen LogP contribution in [0.25, 0.3) is 0 Å². The van der Waals surface area contributed by atoms with Gasteiger partial charge < -0.3 is 14.7 Å². The van der Waals surface area contributed by atoms with Gasteiger partial charge in [-0.2, -0.15) is 0 Å². The summed E-state index contributed by atoms with van der Waals surface area (Å²) in [6.07, 6.45) is 4.60. The monoisotopic (exact) mass is 434 g/mol. The molecule has 0 bridgehead atoms. The third kappa shape index (κ3) is 4.19. The van der Waals surface area contributed by atoms with Crippen molar-refractivity contribution in [3.63, 3.8) is 0 Å². The van der Waals surface area contributed by atoms with Crippen molar-refractivity contribution < 1.29 is 14.6 Å². The van der Waals surface area contributed by atoms with E-state index in [9.17, 15) is 9.90 Å². The molecule has 1 heterocycles. The van der Waals surface area contributed by atoms with Gasteiger partial charge in [0.05, 0.1) is 6.10 Å². The fraction of sp³-hybridized carbons (Fsp3) is 0.444. The van der Waals surface area contributed by atoms with Crippen LogP contribution in [-0.4, -0.2) is 66.8 Å². The van der Waals surface area contributed by atoms with Crippen molar-refractivity contribution in [2.75, 3.05) is 33.8 Å². The SMILES string of the molecule is C=CCN1CCC2(c3cccc(O)c3)C[C@H](N(C)C(=O)c3ccccc3)CC(OC)C2C1. The van der Waals surface area contributed by atoms with E-state index in [0.717, 1.165) is 44.5 Å². The molecule has 1 saturated carbocycles. The molecule has 1 aliphatic heterocycles. The number of ether oxygens (including phenoxy) is 1. The lowest BCUT2D eigenvalue weighted by atomic mass is 9.56. The van der Waals surface area contributed by atoms with Crippen molar-refractivity contribution in [2.45, 2.75) is 36.8 Å². The molecule has 4 rings (SSSR count). The normalized spacial score (nSPS) is 28.0. The lowest BCUT2D eigenvalue weighted by molar-refractivity contribution is -0.0772. The van der Waals surface area contributed by atoms with E-state index in [0.29, 0.717) is 5.56 Å². The Bertz CT molecular complexity index is 947. The molecule has 1 aliphatic carbocycles. The van der Waals surface area contributed by atoms with Gasteiger partial charge >= 0.3 is 0 Å². The predicted octanol–water partition coefficient (Wildman–Crippen LogP) is 4.09. The maximum Gasteiger partial charge on any atom is 0.253 e. The van der Waals surface area contributed by atoms with Crippen LogP contribution in [0.4, 0.5) is 0 Å². The Morgan fingerprint density at radius 2 is 2.06 bits per heavy atom. The van der Waals surface area contributed by atoms with Crippen LogP contribution in [0.1, 0.15) is 35.2 Å². The van der Waals surface area contributed by atoms with E-state index in [1.54, 1.807) is 13.2 Å². The second-order valence-electron chi connectivity index (χ2n) is 9.26. The minimum Gasteiger partial charge on any atom is -0.508 e. The number of amides is 1. The zero-order valence-corrected chi connectivity index (χ0v) is 19.1. The van der Waals surface area contributed by atoms with Gasteiger partial charge in [0.25, 0.3) is 5.91 Å². The van der Waals surface area contributed by atoms with Crippen LogP contribution in [-0.2, 0) is 10.2 Å². The Labute approximate surface area is 191 Å². The van der Waals surface area contributed by atoms with Crippen LogP contribution in [0, 0.1) is 5.92 Å². The topological polar surface area (TPSA) is 53.0 Å². The number of carbonyl (C=O) groups is 1. The van der Waals surface area contributed by atoms with Gasteiger partial charge in [-0.3, -0.25) is 9.69 Å².